The number of halogens is 1. The van der Waals surface area contributed by atoms with E-state index < -0.39 is 6.10 Å². The van der Waals surface area contributed by atoms with Gasteiger partial charge in [0.2, 0.25) is 0 Å². The number of hydrogen-bond donors (Lipinski definition) is 2. The van der Waals surface area contributed by atoms with Gasteiger partial charge in [-0.15, -0.1) is 0 Å². The first-order valence-corrected chi connectivity index (χ1v) is 7.04. The summed E-state index contributed by atoms with van der Waals surface area (Å²) in [5, 5.41) is 12.9. The molecule has 3 nitrogen and oxygen atoms in total. The lowest BCUT2D eigenvalue weighted by molar-refractivity contribution is 0.0578. The number of aliphatic hydroxyl groups excluding tert-OH is 1. The Morgan fingerprint density at radius 3 is 2.89 bits per heavy atom. The van der Waals surface area contributed by atoms with E-state index in [1.807, 2.05) is 6.07 Å². The average molecular weight is 267 g/mol. The molecule has 1 aliphatic rings. The van der Waals surface area contributed by atoms with Crippen molar-refractivity contribution in [1.29, 1.82) is 0 Å². The fraction of sp³-hybridized carbons (Fsp3) is 0.600. The van der Waals surface area contributed by atoms with Crippen LogP contribution in [0.15, 0.2) is 18.2 Å². The monoisotopic (exact) mass is 267 g/mol. The summed E-state index contributed by atoms with van der Waals surface area (Å²) >= 11 is 0. The van der Waals surface area contributed by atoms with E-state index in [1.54, 1.807) is 6.07 Å². The topological polar surface area (TPSA) is 41.5 Å². The summed E-state index contributed by atoms with van der Waals surface area (Å²) < 4.78 is 19.5. The first kappa shape index (κ1) is 14.3. The lowest BCUT2D eigenvalue weighted by atomic mass is 10.2. The van der Waals surface area contributed by atoms with Crippen molar-refractivity contribution < 1.29 is 14.2 Å². The van der Waals surface area contributed by atoms with Gasteiger partial charge in [-0.25, -0.2) is 4.39 Å². The molecule has 1 saturated carbocycles. The highest BCUT2D eigenvalue weighted by molar-refractivity contribution is 5.29. The minimum atomic E-state index is -0.467. The third-order valence-corrected chi connectivity index (χ3v) is 3.45. The van der Waals surface area contributed by atoms with E-state index >= 15 is 0 Å². The molecule has 0 aliphatic heterocycles. The van der Waals surface area contributed by atoms with Crippen LogP contribution in [0.4, 0.5) is 4.39 Å². The third kappa shape index (κ3) is 3.91. The predicted molar refractivity (Wildman–Crippen MR) is 72.7 cm³/mol. The van der Waals surface area contributed by atoms with E-state index in [0.29, 0.717) is 6.54 Å². The third-order valence-electron chi connectivity index (χ3n) is 3.45. The molecule has 0 saturated heterocycles. The van der Waals surface area contributed by atoms with E-state index in [0.717, 1.165) is 37.8 Å². The highest BCUT2D eigenvalue weighted by Gasteiger charge is 2.27. The molecule has 2 unspecified atom stereocenters. The Bertz CT molecular complexity index is 411. The molecule has 1 aromatic carbocycles. The fourth-order valence-corrected chi connectivity index (χ4v) is 2.37. The van der Waals surface area contributed by atoms with Gasteiger partial charge in [0.25, 0.3) is 0 Å². The van der Waals surface area contributed by atoms with Crippen LogP contribution in [0.1, 0.15) is 38.2 Å². The van der Waals surface area contributed by atoms with Gasteiger partial charge in [0.15, 0.2) is 11.6 Å². The van der Waals surface area contributed by atoms with E-state index in [1.165, 1.54) is 6.07 Å². The maximum absolute atomic E-state index is 13.9. The van der Waals surface area contributed by atoms with Crippen molar-refractivity contribution >= 4 is 0 Å². The number of aliphatic hydroxyl groups is 1. The van der Waals surface area contributed by atoms with Gasteiger partial charge in [-0.1, -0.05) is 13.0 Å². The number of rotatable bonds is 6. The van der Waals surface area contributed by atoms with Crippen LogP contribution < -0.4 is 10.1 Å². The zero-order chi connectivity index (χ0) is 13.7. The molecule has 0 amide bonds. The Hall–Kier alpha value is -1.13. The first-order valence-electron chi connectivity index (χ1n) is 7.04. The number of hydrogen-bond acceptors (Lipinski definition) is 3. The average Bonchev–Trinajstić information content (AvgIpc) is 2.79. The van der Waals surface area contributed by atoms with Crippen molar-refractivity contribution in [3.05, 3.63) is 29.6 Å². The van der Waals surface area contributed by atoms with Crippen LogP contribution in [0.25, 0.3) is 0 Å². The minimum Gasteiger partial charge on any atom is -0.485 e. The lowest BCUT2D eigenvalue weighted by Gasteiger charge is -2.17. The van der Waals surface area contributed by atoms with Crippen molar-refractivity contribution in [3.63, 3.8) is 0 Å². The molecular weight excluding hydrogens is 245 g/mol. The summed E-state index contributed by atoms with van der Waals surface area (Å²) in [4.78, 5) is 0. The maximum Gasteiger partial charge on any atom is 0.165 e. The van der Waals surface area contributed by atoms with Gasteiger partial charge in [0.1, 0.15) is 6.10 Å². The summed E-state index contributed by atoms with van der Waals surface area (Å²) in [6, 6.07) is 5.02. The summed E-state index contributed by atoms with van der Waals surface area (Å²) in [7, 11) is 0. The van der Waals surface area contributed by atoms with Crippen molar-refractivity contribution in [2.45, 2.75) is 51.4 Å². The van der Waals surface area contributed by atoms with Gasteiger partial charge in [-0.05, 0) is 49.9 Å². The summed E-state index contributed by atoms with van der Waals surface area (Å²) in [6.07, 6.45) is 2.80. The molecule has 1 fully saturated rings. The van der Waals surface area contributed by atoms with Crippen LogP contribution in [-0.4, -0.2) is 23.9 Å². The van der Waals surface area contributed by atoms with Crippen molar-refractivity contribution in [1.82, 2.24) is 5.32 Å². The molecule has 19 heavy (non-hydrogen) atoms. The first-order chi connectivity index (χ1) is 9.20. The quantitative estimate of drug-likeness (QED) is 0.779. The number of benzene rings is 1. The Balaban J connectivity index is 1.94. The molecule has 2 rings (SSSR count). The van der Waals surface area contributed by atoms with Gasteiger partial charge >= 0.3 is 0 Å². The van der Waals surface area contributed by atoms with E-state index in [2.05, 4.69) is 12.2 Å². The molecule has 0 radical (unpaired) electrons. The van der Waals surface area contributed by atoms with Gasteiger partial charge in [-0.2, -0.15) is 0 Å². The van der Waals surface area contributed by atoms with E-state index in [9.17, 15) is 9.50 Å². The molecule has 4 heteroatoms. The SMILES string of the molecule is CCCNCc1ccc(OC2CCCC2O)c(F)c1. The van der Waals surface area contributed by atoms with Gasteiger partial charge in [0.05, 0.1) is 6.10 Å². The largest absolute Gasteiger partial charge is 0.485 e. The summed E-state index contributed by atoms with van der Waals surface area (Å²) in [6.45, 7) is 3.68. The highest BCUT2D eigenvalue weighted by atomic mass is 19.1. The van der Waals surface area contributed by atoms with Crippen LogP contribution in [0, 0.1) is 5.82 Å². The molecule has 1 aromatic rings. The molecule has 106 valence electrons. The normalized spacial score (nSPS) is 22.7. The molecule has 0 aromatic heterocycles. The molecule has 0 spiro atoms. The van der Waals surface area contributed by atoms with Crippen LogP contribution >= 0.6 is 0 Å². The van der Waals surface area contributed by atoms with Crippen molar-refractivity contribution in [2.24, 2.45) is 0 Å². The maximum atomic E-state index is 13.9. The Morgan fingerprint density at radius 1 is 1.42 bits per heavy atom. The second kappa shape index (κ2) is 6.87. The zero-order valence-corrected chi connectivity index (χ0v) is 11.4. The van der Waals surface area contributed by atoms with Crippen LogP contribution in [0.5, 0.6) is 5.75 Å². The highest BCUT2D eigenvalue weighted by Crippen LogP contribution is 2.26. The number of nitrogens with one attached hydrogen (secondary N) is 1. The Labute approximate surface area is 113 Å². The zero-order valence-electron chi connectivity index (χ0n) is 11.4. The number of ether oxygens (including phenoxy) is 1. The Kier molecular flexibility index (Phi) is 5.16. The lowest BCUT2D eigenvalue weighted by Crippen LogP contribution is -2.26. The second-order valence-electron chi connectivity index (χ2n) is 5.10. The van der Waals surface area contributed by atoms with Crippen molar-refractivity contribution in [2.75, 3.05) is 6.54 Å². The Morgan fingerprint density at radius 2 is 2.26 bits per heavy atom. The minimum absolute atomic E-state index is 0.241. The van der Waals surface area contributed by atoms with Gasteiger partial charge in [-0.3, -0.25) is 0 Å². The molecule has 1 aliphatic carbocycles. The van der Waals surface area contributed by atoms with Crippen LogP contribution in [0.2, 0.25) is 0 Å². The van der Waals surface area contributed by atoms with E-state index in [4.69, 9.17) is 4.74 Å². The van der Waals surface area contributed by atoms with E-state index in [-0.39, 0.29) is 17.7 Å². The van der Waals surface area contributed by atoms with Crippen LogP contribution in [0.3, 0.4) is 0 Å². The predicted octanol–water partition coefficient (Wildman–Crippen LogP) is 2.62. The van der Waals surface area contributed by atoms with Gasteiger partial charge < -0.3 is 15.2 Å². The smallest absolute Gasteiger partial charge is 0.165 e. The fourth-order valence-electron chi connectivity index (χ4n) is 2.37. The second-order valence-corrected chi connectivity index (χ2v) is 5.10. The standard InChI is InChI=1S/C15H22FNO2/c1-2-8-17-10-11-6-7-14(12(16)9-11)19-15-5-3-4-13(15)18/h6-7,9,13,15,17-18H,2-5,8,10H2,1H3. The van der Waals surface area contributed by atoms with Crippen molar-refractivity contribution in [3.8, 4) is 5.75 Å². The summed E-state index contributed by atoms with van der Waals surface area (Å²) in [5.41, 5.74) is 0.908. The molecule has 2 N–H and O–H groups in total. The summed E-state index contributed by atoms with van der Waals surface area (Å²) in [5.74, 6) is -0.111. The molecule has 0 bridgehead atoms. The van der Waals surface area contributed by atoms with Gasteiger partial charge in [0, 0.05) is 6.54 Å². The molecule has 2 atom stereocenters. The van der Waals surface area contributed by atoms with Crippen LogP contribution in [-0.2, 0) is 6.54 Å². The molecular formula is C15H22FNO2. The molecule has 0 heterocycles.